The lowest BCUT2D eigenvalue weighted by Crippen LogP contribution is -2.17. The van der Waals surface area contributed by atoms with Crippen LogP contribution in [0.5, 0.6) is 0 Å². The minimum Gasteiger partial charge on any atom is -0.407 e. The Morgan fingerprint density at radius 3 is 2.71 bits per heavy atom. The lowest BCUT2D eigenvalue weighted by Gasteiger charge is -2.15. The standard InChI is InChI=1S/C13H15F3N4O/c1-17-7-11-18-19-12(21-11)20(2)8-9-4-3-5-10(6-9)13(14,15)16/h3-6,17H,7-8H2,1-2H3. The van der Waals surface area contributed by atoms with Gasteiger partial charge in [0.25, 0.3) is 0 Å². The van der Waals surface area contributed by atoms with E-state index in [1.165, 1.54) is 6.07 Å². The highest BCUT2D eigenvalue weighted by molar-refractivity contribution is 5.31. The molecule has 0 bridgehead atoms. The highest BCUT2D eigenvalue weighted by Gasteiger charge is 2.30. The average molecular weight is 300 g/mol. The van der Waals surface area contributed by atoms with Gasteiger partial charge >= 0.3 is 12.2 Å². The molecule has 0 amide bonds. The Morgan fingerprint density at radius 1 is 1.29 bits per heavy atom. The lowest BCUT2D eigenvalue weighted by atomic mass is 10.1. The van der Waals surface area contributed by atoms with Crippen molar-refractivity contribution in [3.8, 4) is 0 Å². The van der Waals surface area contributed by atoms with Crippen LogP contribution in [-0.4, -0.2) is 24.3 Å². The summed E-state index contributed by atoms with van der Waals surface area (Å²) in [6, 6.07) is 5.42. The van der Waals surface area contributed by atoms with Crippen molar-refractivity contribution in [2.24, 2.45) is 0 Å². The van der Waals surface area contributed by atoms with E-state index in [0.717, 1.165) is 12.1 Å². The predicted molar refractivity (Wildman–Crippen MR) is 70.6 cm³/mol. The van der Waals surface area contributed by atoms with Gasteiger partial charge in [-0.3, -0.25) is 0 Å². The van der Waals surface area contributed by atoms with Crippen molar-refractivity contribution in [1.29, 1.82) is 0 Å². The second-order valence-corrected chi connectivity index (χ2v) is 4.56. The number of nitrogens with one attached hydrogen (secondary N) is 1. The smallest absolute Gasteiger partial charge is 0.407 e. The third-order valence-corrected chi connectivity index (χ3v) is 2.78. The summed E-state index contributed by atoms with van der Waals surface area (Å²) in [5.41, 5.74) is -0.157. The first-order valence-electron chi connectivity index (χ1n) is 6.24. The molecule has 0 fully saturated rings. The first kappa shape index (κ1) is 15.3. The maximum Gasteiger partial charge on any atom is 0.416 e. The van der Waals surface area contributed by atoms with Crippen LogP contribution in [0.2, 0.25) is 0 Å². The third-order valence-electron chi connectivity index (χ3n) is 2.78. The average Bonchev–Trinajstić information content (AvgIpc) is 2.87. The predicted octanol–water partition coefficient (Wildman–Crippen LogP) is 2.44. The maximum atomic E-state index is 12.7. The van der Waals surface area contributed by atoms with E-state index in [2.05, 4.69) is 15.5 Å². The minimum absolute atomic E-state index is 0.241. The fourth-order valence-electron chi connectivity index (χ4n) is 1.81. The van der Waals surface area contributed by atoms with Crippen molar-refractivity contribution < 1.29 is 17.6 Å². The molecule has 2 aromatic rings. The molecule has 0 atom stereocenters. The zero-order valence-corrected chi connectivity index (χ0v) is 11.6. The van der Waals surface area contributed by atoms with Crippen LogP contribution in [0.3, 0.4) is 0 Å². The molecule has 5 nitrogen and oxygen atoms in total. The Labute approximate surface area is 119 Å². The summed E-state index contributed by atoms with van der Waals surface area (Å²) in [7, 11) is 3.42. The van der Waals surface area contributed by atoms with E-state index in [1.807, 2.05) is 0 Å². The van der Waals surface area contributed by atoms with Gasteiger partial charge in [-0.25, -0.2) is 0 Å². The molecule has 0 radical (unpaired) electrons. The van der Waals surface area contributed by atoms with E-state index in [9.17, 15) is 13.2 Å². The molecule has 0 saturated heterocycles. The molecule has 0 aliphatic heterocycles. The molecule has 21 heavy (non-hydrogen) atoms. The summed E-state index contributed by atoms with van der Waals surface area (Å²) in [6.45, 7) is 0.676. The van der Waals surface area contributed by atoms with Crippen LogP contribution in [-0.2, 0) is 19.3 Å². The summed E-state index contributed by atoms with van der Waals surface area (Å²) >= 11 is 0. The van der Waals surface area contributed by atoms with Crippen LogP contribution >= 0.6 is 0 Å². The third kappa shape index (κ3) is 3.94. The number of benzene rings is 1. The molecule has 8 heteroatoms. The van der Waals surface area contributed by atoms with Crippen molar-refractivity contribution in [2.75, 3.05) is 19.0 Å². The Kier molecular flexibility index (Phi) is 4.46. The van der Waals surface area contributed by atoms with Gasteiger partial charge in [0.05, 0.1) is 12.1 Å². The molecular formula is C13H15F3N4O. The van der Waals surface area contributed by atoms with E-state index >= 15 is 0 Å². The molecule has 0 aliphatic rings. The monoisotopic (exact) mass is 300 g/mol. The number of rotatable bonds is 5. The molecule has 0 unspecified atom stereocenters. The van der Waals surface area contributed by atoms with Crippen molar-refractivity contribution in [3.05, 3.63) is 41.3 Å². The van der Waals surface area contributed by atoms with Gasteiger partial charge in [-0.15, -0.1) is 5.10 Å². The summed E-state index contributed by atoms with van der Waals surface area (Å²) in [6.07, 6.45) is -4.35. The van der Waals surface area contributed by atoms with Crippen LogP contribution in [0.25, 0.3) is 0 Å². The van der Waals surface area contributed by atoms with Gasteiger partial charge in [-0.05, 0) is 24.7 Å². The van der Waals surface area contributed by atoms with Crippen molar-refractivity contribution >= 4 is 6.01 Å². The molecule has 0 aliphatic carbocycles. The summed E-state index contributed by atoms with van der Waals surface area (Å²) in [5.74, 6) is 0.420. The Balaban J connectivity index is 2.10. The summed E-state index contributed by atoms with van der Waals surface area (Å²) < 4.78 is 43.3. The number of aromatic nitrogens is 2. The Morgan fingerprint density at radius 2 is 2.05 bits per heavy atom. The summed E-state index contributed by atoms with van der Waals surface area (Å²) in [4.78, 5) is 1.60. The van der Waals surface area contributed by atoms with Gasteiger partial charge in [0.1, 0.15) is 0 Å². The molecule has 1 aromatic heterocycles. The molecule has 1 heterocycles. The van der Waals surface area contributed by atoms with E-state index in [1.54, 1.807) is 25.1 Å². The number of halogens is 3. The number of alkyl halides is 3. The van der Waals surface area contributed by atoms with Gasteiger partial charge in [-0.1, -0.05) is 17.2 Å². The normalized spacial score (nSPS) is 11.7. The molecule has 1 aromatic carbocycles. The van der Waals surface area contributed by atoms with Gasteiger partial charge in [0, 0.05) is 13.6 Å². The number of hydrogen-bond acceptors (Lipinski definition) is 5. The molecule has 1 N–H and O–H groups in total. The van der Waals surface area contributed by atoms with Crippen molar-refractivity contribution in [1.82, 2.24) is 15.5 Å². The van der Waals surface area contributed by atoms with Gasteiger partial charge in [0.2, 0.25) is 5.89 Å². The molecule has 2 rings (SSSR count). The molecular weight excluding hydrogens is 285 g/mol. The van der Waals surface area contributed by atoms with Gasteiger partial charge in [0.15, 0.2) is 0 Å². The van der Waals surface area contributed by atoms with E-state index in [4.69, 9.17) is 4.42 Å². The van der Waals surface area contributed by atoms with Crippen molar-refractivity contribution in [2.45, 2.75) is 19.3 Å². The van der Waals surface area contributed by atoms with E-state index in [-0.39, 0.29) is 12.6 Å². The zero-order chi connectivity index (χ0) is 15.5. The Hall–Kier alpha value is -2.09. The topological polar surface area (TPSA) is 54.2 Å². The van der Waals surface area contributed by atoms with Crippen LogP contribution in [0.1, 0.15) is 17.0 Å². The van der Waals surface area contributed by atoms with E-state index < -0.39 is 11.7 Å². The highest BCUT2D eigenvalue weighted by atomic mass is 19.4. The zero-order valence-electron chi connectivity index (χ0n) is 11.6. The fraction of sp³-hybridized carbons (Fsp3) is 0.385. The highest BCUT2D eigenvalue weighted by Crippen LogP contribution is 2.29. The first-order valence-corrected chi connectivity index (χ1v) is 6.24. The number of anilines is 1. The number of hydrogen-bond donors (Lipinski definition) is 1. The van der Waals surface area contributed by atoms with E-state index in [0.29, 0.717) is 18.0 Å². The quantitative estimate of drug-likeness (QED) is 0.919. The van der Waals surface area contributed by atoms with Gasteiger partial charge < -0.3 is 14.6 Å². The Bertz CT molecular complexity index is 597. The largest absolute Gasteiger partial charge is 0.416 e. The van der Waals surface area contributed by atoms with Crippen molar-refractivity contribution in [3.63, 3.8) is 0 Å². The molecule has 0 spiro atoms. The van der Waals surface area contributed by atoms with Crippen LogP contribution < -0.4 is 10.2 Å². The number of nitrogens with zero attached hydrogens (tertiary/aromatic N) is 3. The second kappa shape index (κ2) is 6.13. The first-order chi connectivity index (χ1) is 9.90. The second-order valence-electron chi connectivity index (χ2n) is 4.56. The van der Waals surface area contributed by atoms with Crippen LogP contribution in [0, 0.1) is 0 Å². The molecule has 0 saturated carbocycles. The van der Waals surface area contributed by atoms with Gasteiger partial charge in [-0.2, -0.15) is 13.2 Å². The SMILES string of the molecule is CNCc1nnc(N(C)Cc2cccc(C(F)(F)F)c2)o1. The summed E-state index contributed by atoms with van der Waals surface area (Å²) in [5, 5.41) is 10.5. The fourth-order valence-corrected chi connectivity index (χ4v) is 1.81. The minimum atomic E-state index is -4.35. The molecule has 114 valence electrons. The maximum absolute atomic E-state index is 12.7. The lowest BCUT2D eigenvalue weighted by molar-refractivity contribution is -0.137. The van der Waals surface area contributed by atoms with Crippen LogP contribution in [0.15, 0.2) is 28.7 Å². The van der Waals surface area contributed by atoms with Crippen LogP contribution in [0.4, 0.5) is 19.2 Å².